The number of hydrogen-bond donors (Lipinski definition) is 3. The van der Waals surface area contributed by atoms with Gasteiger partial charge in [0.05, 0.1) is 12.1 Å². The van der Waals surface area contributed by atoms with Gasteiger partial charge in [0.2, 0.25) is 0 Å². The predicted molar refractivity (Wildman–Crippen MR) is 123 cm³/mol. The van der Waals surface area contributed by atoms with E-state index < -0.39 is 0 Å². The number of amides is 1. The molecular weight excluding hydrogens is 388 g/mol. The molecule has 6 heteroatoms. The number of hydrogen-bond acceptors (Lipinski definition) is 5. The molecule has 0 bridgehead atoms. The van der Waals surface area contributed by atoms with Crippen molar-refractivity contribution in [2.45, 2.75) is 26.2 Å². The minimum absolute atomic E-state index is 0.0789. The Kier molecular flexibility index (Phi) is 6.38. The van der Waals surface area contributed by atoms with Gasteiger partial charge < -0.3 is 15.7 Å². The zero-order valence-corrected chi connectivity index (χ0v) is 17.6. The summed E-state index contributed by atoms with van der Waals surface area (Å²) in [5.74, 6) is 1.23. The summed E-state index contributed by atoms with van der Waals surface area (Å²) in [6.07, 6.45) is 4.35. The molecule has 1 amide bonds. The van der Waals surface area contributed by atoms with Crippen LogP contribution in [-0.4, -0.2) is 34.1 Å². The van der Waals surface area contributed by atoms with Gasteiger partial charge in [-0.2, -0.15) is 0 Å². The molecule has 0 atom stereocenters. The van der Waals surface area contributed by atoms with Crippen LogP contribution in [0, 0.1) is 0 Å². The van der Waals surface area contributed by atoms with Crippen LogP contribution in [0.15, 0.2) is 77.5 Å². The maximum atomic E-state index is 12.6. The zero-order valence-electron chi connectivity index (χ0n) is 17.6. The SMILES string of the molecule is CCC1=C(C(=O)NCCO)C=C(Nc2nc(-c3ccccc3)nc3ccccc23)CC1. The Morgan fingerprint density at radius 3 is 2.58 bits per heavy atom. The number of fused-ring (bicyclic) bond motifs is 1. The lowest BCUT2D eigenvalue weighted by Gasteiger charge is -2.21. The summed E-state index contributed by atoms with van der Waals surface area (Å²) in [4.78, 5) is 22.1. The molecule has 0 saturated heterocycles. The predicted octanol–water partition coefficient (Wildman–Crippen LogP) is 4.20. The van der Waals surface area contributed by atoms with E-state index in [-0.39, 0.29) is 19.1 Å². The van der Waals surface area contributed by atoms with Crippen LogP contribution in [0.5, 0.6) is 0 Å². The molecule has 0 aliphatic heterocycles. The number of aliphatic hydroxyl groups is 1. The van der Waals surface area contributed by atoms with Crippen LogP contribution >= 0.6 is 0 Å². The van der Waals surface area contributed by atoms with E-state index in [0.717, 1.165) is 52.8 Å². The summed E-state index contributed by atoms with van der Waals surface area (Å²) in [7, 11) is 0. The maximum Gasteiger partial charge on any atom is 0.251 e. The van der Waals surface area contributed by atoms with Crippen LogP contribution in [0.2, 0.25) is 0 Å². The van der Waals surface area contributed by atoms with E-state index in [2.05, 4.69) is 17.6 Å². The fourth-order valence-corrected chi connectivity index (χ4v) is 3.77. The van der Waals surface area contributed by atoms with Crippen molar-refractivity contribution in [2.75, 3.05) is 18.5 Å². The molecule has 0 unspecified atom stereocenters. The number of carbonyl (C=O) groups is 1. The van der Waals surface area contributed by atoms with Crippen LogP contribution < -0.4 is 10.6 Å². The first kappa shape index (κ1) is 20.8. The highest BCUT2D eigenvalue weighted by molar-refractivity contribution is 5.98. The number of carbonyl (C=O) groups excluding carboxylic acids is 1. The van der Waals surface area contributed by atoms with Gasteiger partial charge in [-0.25, -0.2) is 9.97 Å². The van der Waals surface area contributed by atoms with Gasteiger partial charge >= 0.3 is 0 Å². The fourth-order valence-electron chi connectivity index (χ4n) is 3.77. The molecule has 3 aromatic rings. The van der Waals surface area contributed by atoms with Crippen LogP contribution in [0.1, 0.15) is 26.2 Å². The molecule has 1 aliphatic carbocycles. The van der Waals surface area contributed by atoms with Gasteiger partial charge in [-0.15, -0.1) is 0 Å². The van der Waals surface area contributed by atoms with Crippen molar-refractivity contribution in [2.24, 2.45) is 0 Å². The van der Waals surface area contributed by atoms with Crippen LogP contribution in [-0.2, 0) is 4.79 Å². The summed E-state index contributed by atoms with van der Waals surface area (Å²) in [6.45, 7) is 2.22. The average molecular weight is 415 g/mol. The average Bonchev–Trinajstić information content (AvgIpc) is 2.83. The Balaban J connectivity index is 1.71. The Morgan fingerprint density at radius 2 is 1.81 bits per heavy atom. The van der Waals surface area contributed by atoms with E-state index in [0.29, 0.717) is 11.4 Å². The van der Waals surface area contributed by atoms with Crippen molar-refractivity contribution in [3.8, 4) is 11.4 Å². The quantitative estimate of drug-likeness (QED) is 0.539. The largest absolute Gasteiger partial charge is 0.395 e. The number of nitrogens with zero attached hydrogens (tertiary/aromatic N) is 2. The number of aromatic nitrogens is 2. The first-order chi connectivity index (χ1) is 15.2. The van der Waals surface area contributed by atoms with E-state index >= 15 is 0 Å². The van der Waals surface area contributed by atoms with E-state index in [4.69, 9.17) is 15.1 Å². The molecule has 31 heavy (non-hydrogen) atoms. The van der Waals surface area contributed by atoms with Crippen LogP contribution in [0.25, 0.3) is 22.3 Å². The molecule has 2 aromatic carbocycles. The number of aliphatic hydroxyl groups excluding tert-OH is 1. The van der Waals surface area contributed by atoms with Gasteiger partial charge in [0, 0.05) is 28.8 Å². The molecule has 3 N–H and O–H groups in total. The summed E-state index contributed by atoms with van der Waals surface area (Å²) in [6, 6.07) is 17.8. The Morgan fingerprint density at radius 1 is 1.03 bits per heavy atom. The smallest absolute Gasteiger partial charge is 0.251 e. The van der Waals surface area contributed by atoms with Crippen LogP contribution in [0.3, 0.4) is 0 Å². The highest BCUT2D eigenvalue weighted by Crippen LogP contribution is 2.30. The third-order valence-corrected chi connectivity index (χ3v) is 5.38. The van der Waals surface area contributed by atoms with Gasteiger partial charge in [-0.05, 0) is 37.5 Å². The molecule has 0 radical (unpaired) electrons. The minimum Gasteiger partial charge on any atom is -0.395 e. The normalized spacial score (nSPS) is 13.8. The molecule has 1 heterocycles. The third kappa shape index (κ3) is 4.64. The second kappa shape index (κ2) is 9.53. The lowest BCUT2D eigenvalue weighted by Crippen LogP contribution is -2.29. The molecule has 158 valence electrons. The first-order valence-electron chi connectivity index (χ1n) is 10.6. The molecule has 0 spiro atoms. The number of allylic oxidation sites excluding steroid dienone is 2. The summed E-state index contributed by atoms with van der Waals surface area (Å²) < 4.78 is 0. The van der Waals surface area contributed by atoms with Crippen molar-refractivity contribution in [1.82, 2.24) is 15.3 Å². The number of anilines is 1. The summed E-state index contributed by atoms with van der Waals surface area (Å²) >= 11 is 0. The molecule has 0 saturated carbocycles. The molecule has 1 aromatic heterocycles. The molecule has 6 nitrogen and oxygen atoms in total. The van der Waals surface area contributed by atoms with E-state index in [1.165, 1.54) is 0 Å². The summed E-state index contributed by atoms with van der Waals surface area (Å²) in [5.41, 5.74) is 4.55. The van der Waals surface area contributed by atoms with Crippen molar-refractivity contribution in [3.63, 3.8) is 0 Å². The lowest BCUT2D eigenvalue weighted by molar-refractivity contribution is -0.117. The van der Waals surface area contributed by atoms with Gasteiger partial charge in [0.1, 0.15) is 5.82 Å². The zero-order chi connectivity index (χ0) is 21.6. The summed E-state index contributed by atoms with van der Waals surface area (Å²) in [5, 5.41) is 16.2. The van der Waals surface area contributed by atoms with Gasteiger partial charge in [-0.1, -0.05) is 55.0 Å². The Bertz CT molecular complexity index is 1150. The Labute approximate surface area is 181 Å². The molecule has 4 rings (SSSR count). The standard InChI is InChI=1S/C25H26N4O2/c1-2-17-12-13-19(16-21(17)25(31)26-14-15-30)27-24-20-10-6-7-11-22(20)28-23(29-24)18-8-4-3-5-9-18/h3-11,16,30H,2,12-15H2,1H3,(H,26,31)(H,27,28,29). The van der Waals surface area contributed by atoms with Crippen molar-refractivity contribution >= 4 is 22.6 Å². The highest BCUT2D eigenvalue weighted by Gasteiger charge is 2.19. The second-order valence-corrected chi connectivity index (χ2v) is 7.42. The van der Waals surface area contributed by atoms with E-state index in [9.17, 15) is 4.79 Å². The van der Waals surface area contributed by atoms with Crippen LogP contribution in [0.4, 0.5) is 5.82 Å². The van der Waals surface area contributed by atoms with Crippen molar-refractivity contribution < 1.29 is 9.90 Å². The van der Waals surface area contributed by atoms with Gasteiger partial charge in [0.15, 0.2) is 5.82 Å². The fraction of sp³-hybridized carbons (Fsp3) is 0.240. The van der Waals surface area contributed by atoms with E-state index in [1.807, 2.05) is 60.7 Å². The monoisotopic (exact) mass is 414 g/mol. The number of para-hydroxylation sites is 1. The highest BCUT2D eigenvalue weighted by atomic mass is 16.3. The van der Waals surface area contributed by atoms with Gasteiger partial charge in [0.25, 0.3) is 5.91 Å². The topological polar surface area (TPSA) is 87.1 Å². The number of nitrogens with one attached hydrogen (secondary N) is 2. The Hall–Kier alpha value is -3.51. The van der Waals surface area contributed by atoms with E-state index in [1.54, 1.807) is 0 Å². The number of benzene rings is 2. The van der Waals surface area contributed by atoms with Gasteiger partial charge in [-0.3, -0.25) is 4.79 Å². The maximum absolute atomic E-state index is 12.6. The van der Waals surface area contributed by atoms with Crippen molar-refractivity contribution in [3.05, 3.63) is 77.5 Å². The molecule has 1 aliphatic rings. The lowest BCUT2D eigenvalue weighted by atomic mass is 9.93. The van der Waals surface area contributed by atoms with Crippen molar-refractivity contribution in [1.29, 1.82) is 0 Å². The molecular formula is C25H26N4O2. The second-order valence-electron chi connectivity index (χ2n) is 7.42. The number of rotatable bonds is 7. The third-order valence-electron chi connectivity index (χ3n) is 5.38. The minimum atomic E-state index is -0.151. The molecule has 0 fully saturated rings. The first-order valence-corrected chi connectivity index (χ1v) is 10.6.